The lowest BCUT2D eigenvalue weighted by Crippen LogP contribution is -2.38. The minimum atomic E-state index is 0.137. The summed E-state index contributed by atoms with van der Waals surface area (Å²) < 4.78 is 1.02. The molecule has 0 saturated heterocycles. The molecule has 0 aliphatic rings. The van der Waals surface area contributed by atoms with E-state index in [1.165, 1.54) is 0 Å². The summed E-state index contributed by atoms with van der Waals surface area (Å²) in [6.45, 7) is 10.1. The highest BCUT2D eigenvalue weighted by atomic mass is 79.9. The molecule has 0 unspecified atom stereocenters. The Morgan fingerprint density at radius 2 is 2.06 bits per heavy atom. The van der Waals surface area contributed by atoms with Crippen LogP contribution in [0, 0.1) is 5.41 Å². The van der Waals surface area contributed by atoms with E-state index in [0.29, 0.717) is 6.54 Å². The summed E-state index contributed by atoms with van der Waals surface area (Å²) in [5, 5.41) is 0.813. The van der Waals surface area contributed by atoms with Gasteiger partial charge in [-0.05, 0) is 36.2 Å². The maximum atomic E-state index is 6.25. The van der Waals surface area contributed by atoms with Crippen LogP contribution in [-0.2, 0) is 6.54 Å². The van der Waals surface area contributed by atoms with Crippen LogP contribution in [0.5, 0.6) is 0 Å². The number of nitrogens with two attached hydrogens (primary N) is 1. The van der Waals surface area contributed by atoms with Crippen molar-refractivity contribution in [1.82, 2.24) is 4.90 Å². The largest absolute Gasteiger partial charge is 0.330 e. The Morgan fingerprint density at radius 1 is 1.39 bits per heavy atom. The van der Waals surface area contributed by atoms with Crippen molar-refractivity contribution >= 4 is 27.5 Å². The molecule has 0 spiro atoms. The van der Waals surface area contributed by atoms with Gasteiger partial charge in [0, 0.05) is 22.6 Å². The highest BCUT2D eigenvalue weighted by Gasteiger charge is 2.19. The number of hydrogen-bond acceptors (Lipinski definition) is 2. The highest BCUT2D eigenvalue weighted by Crippen LogP contribution is 2.24. The third-order valence-corrected chi connectivity index (χ3v) is 3.91. The zero-order chi connectivity index (χ0) is 13.8. The fourth-order valence-corrected chi connectivity index (χ4v) is 2.57. The van der Waals surface area contributed by atoms with Gasteiger partial charge in [0.1, 0.15) is 0 Å². The quantitative estimate of drug-likeness (QED) is 0.855. The standard InChI is InChI=1S/C14H22BrClN2/c1-4-18(10-14(2,3)9-17)8-11-5-6-12(15)7-13(11)16/h5-7H,4,8-10,17H2,1-3H3. The normalized spacial score (nSPS) is 12.2. The first kappa shape index (κ1) is 16.0. The molecule has 0 aliphatic carbocycles. The average molecular weight is 334 g/mol. The molecule has 2 N–H and O–H groups in total. The zero-order valence-corrected chi connectivity index (χ0v) is 13.7. The Morgan fingerprint density at radius 3 is 2.56 bits per heavy atom. The molecule has 0 fully saturated rings. The molecule has 1 aromatic rings. The van der Waals surface area contributed by atoms with E-state index in [0.717, 1.165) is 34.7 Å². The van der Waals surface area contributed by atoms with E-state index < -0.39 is 0 Å². The van der Waals surface area contributed by atoms with Crippen molar-refractivity contribution in [2.24, 2.45) is 11.1 Å². The monoisotopic (exact) mass is 332 g/mol. The van der Waals surface area contributed by atoms with Crippen molar-refractivity contribution in [2.45, 2.75) is 27.3 Å². The summed E-state index contributed by atoms with van der Waals surface area (Å²) in [6, 6.07) is 6.05. The summed E-state index contributed by atoms with van der Waals surface area (Å²) >= 11 is 9.68. The molecule has 0 atom stereocenters. The van der Waals surface area contributed by atoms with E-state index in [1.54, 1.807) is 0 Å². The lowest BCUT2D eigenvalue weighted by molar-refractivity contribution is 0.183. The highest BCUT2D eigenvalue weighted by molar-refractivity contribution is 9.10. The topological polar surface area (TPSA) is 29.3 Å². The molecule has 18 heavy (non-hydrogen) atoms. The van der Waals surface area contributed by atoms with Gasteiger partial charge in [-0.2, -0.15) is 0 Å². The molecule has 0 bridgehead atoms. The second-order valence-electron chi connectivity index (χ2n) is 5.41. The van der Waals surface area contributed by atoms with E-state index in [1.807, 2.05) is 12.1 Å². The van der Waals surface area contributed by atoms with Crippen LogP contribution in [0.1, 0.15) is 26.3 Å². The predicted octanol–water partition coefficient (Wildman–Crippen LogP) is 3.91. The van der Waals surface area contributed by atoms with Gasteiger partial charge in [0.15, 0.2) is 0 Å². The Kier molecular flexibility index (Phi) is 6.12. The van der Waals surface area contributed by atoms with Crippen LogP contribution in [0.4, 0.5) is 0 Å². The van der Waals surface area contributed by atoms with Gasteiger partial charge in [-0.15, -0.1) is 0 Å². The van der Waals surface area contributed by atoms with Crippen molar-refractivity contribution in [1.29, 1.82) is 0 Å². The van der Waals surface area contributed by atoms with E-state index in [-0.39, 0.29) is 5.41 Å². The number of rotatable bonds is 6. The van der Waals surface area contributed by atoms with Crippen molar-refractivity contribution in [3.8, 4) is 0 Å². The lowest BCUT2D eigenvalue weighted by atomic mass is 9.93. The summed E-state index contributed by atoms with van der Waals surface area (Å²) in [6.07, 6.45) is 0. The molecule has 0 aromatic heterocycles. The lowest BCUT2D eigenvalue weighted by Gasteiger charge is -2.31. The average Bonchev–Trinajstić information content (AvgIpc) is 2.31. The smallest absolute Gasteiger partial charge is 0.0462 e. The second-order valence-corrected chi connectivity index (χ2v) is 6.73. The first-order valence-electron chi connectivity index (χ1n) is 6.24. The van der Waals surface area contributed by atoms with Gasteiger partial charge in [0.05, 0.1) is 0 Å². The Labute approximate surface area is 124 Å². The Bertz CT molecular complexity index is 393. The predicted molar refractivity (Wildman–Crippen MR) is 82.9 cm³/mol. The first-order chi connectivity index (χ1) is 8.38. The van der Waals surface area contributed by atoms with Crippen LogP contribution in [-0.4, -0.2) is 24.5 Å². The summed E-state index contributed by atoms with van der Waals surface area (Å²) in [5.74, 6) is 0. The molecule has 0 saturated carbocycles. The fraction of sp³-hybridized carbons (Fsp3) is 0.571. The zero-order valence-electron chi connectivity index (χ0n) is 11.3. The first-order valence-corrected chi connectivity index (χ1v) is 7.41. The maximum Gasteiger partial charge on any atom is 0.0462 e. The fourth-order valence-electron chi connectivity index (χ4n) is 1.84. The molecular weight excluding hydrogens is 312 g/mol. The second kappa shape index (κ2) is 6.90. The third kappa shape index (κ3) is 4.88. The number of hydrogen-bond donors (Lipinski definition) is 1. The third-order valence-electron chi connectivity index (χ3n) is 3.06. The van der Waals surface area contributed by atoms with Crippen LogP contribution >= 0.6 is 27.5 Å². The van der Waals surface area contributed by atoms with Crippen LogP contribution in [0.2, 0.25) is 5.02 Å². The van der Waals surface area contributed by atoms with E-state index >= 15 is 0 Å². The van der Waals surface area contributed by atoms with Gasteiger partial charge in [-0.3, -0.25) is 4.90 Å². The van der Waals surface area contributed by atoms with E-state index in [9.17, 15) is 0 Å². The molecule has 4 heteroatoms. The van der Waals surface area contributed by atoms with Gasteiger partial charge in [-0.25, -0.2) is 0 Å². The summed E-state index contributed by atoms with van der Waals surface area (Å²) in [5.41, 5.74) is 7.09. The van der Waals surface area contributed by atoms with E-state index in [2.05, 4.69) is 47.7 Å². The minimum absolute atomic E-state index is 0.137. The molecule has 1 aromatic carbocycles. The Hall–Kier alpha value is -0.0900. The van der Waals surface area contributed by atoms with Gasteiger partial charge >= 0.3 is 0 Å². The number of nitrogens with zero attached hydrogens (tertiary/aromatic N) is 1. The van der Waals surface area contributed by atoms with Gasteiger partial charge in [-0.1, -0.05) is 54.4 Å². The summed E-state index contributed by atoms with van der Waals surface area (Å²) in [7, 11) is 0. The molecule has 102 valence electrons. The van der Waals surface area contributed by atoms with Crippen molar-refractivity contribution in [2.75, 3.05) is 19.6 Å². The SMILES string of the molecule is CCN(Cc1ccc(Br)cc1Cl)CC(C)(C)CN. The molecule has 0 amide bonds. The van der Waals surface area contributed by atoms with E-state index in [4.69, 9.17) is 17.3 Å². The van der Waals surface area contributed by atoms with Gasteiger partial charge in [0.25, 0.3) is 0 Å². The summed E-state index contributed by atoms with van der Waals surface area (Å²) in [4.78, 5) is 2.38. The van der Waals surface area contributed by atoms with Crippen LogP contribution < -0.4 is 5.73 Å². The molecule has 0 heterocycles. The molecule has 0 aliphatic heterocycles. The van der Waals surface area contributed by atoms with Crippen LogP contribution in [0.25, 0.3) is 0 Å². The van der Waals surface area contributed by atoms with Gasteiger partial charge in [0.2, 0.25) is 0 Å². The van der Waals surface area contributed by atoms with Crippen LogP contribution in [0.3, 0.4) is 0 Å². The van der Waals surface area contributed by atoms with Crippen molar-refractivity contribution in [3.05, 3.63) is 33.3 Å². The molecular formula is C14H22BrClN2. The van der Waals surface area contributed by atoms with Crippen molar-refractivity contribution in [3.63, 3.8) is 0 Å². The minimum Gasteiger partial charge on any atom is -0.330 e. The number of halogens is 2. The maximum absolute atomic E-state index is 6.25. The van der Waals surface area contributed by atoms with Crippen molar-refractivity contribution < 1.29 is 0 Å². The molecule has 0 radical (unpaired) electrons. The molecule has 1 rings (SSSR count). The Balaban J connectivity index is 2.74. The van der Waals surface area contributed by atoms with Gasteiger partial charge < -0.3 is 5.73 Å². The number of benzene rings is 1. The van der Waals surface area contributed by atoms with Crippen LogP contribution in [0.15, 0.2) is 22.7 Å². The molecule has 2 nitrogen and oxygen atoms in total.